The summed E-state index contributed by atoms with van der Waals surface area (Å²) in [6.45, 7) is 2.31. The van der Waals surface area contributed by atoms with E-state index in [1.807, 2.05) is 6.92 Å². The van der Waals surface area contributed by atoms with E-state index in [1.165, 1.54) is 22.3 Å². The number of rotatable bonds is 6. The van der Waals surface area contributed by atoms with Crippen LogP contribution >= 0.6 is 11.3 Å². The van der Waals surface area contributed by atoms with Gasteiger partial charge < -0.3 is 10.1 Å². The highest BCUT2D eigenvalue weighted by molar-refractivity contribution is 7.17. The van der Waals surface area contributed by atoms with Crippen molar-refractivity contribution >= 4 is 27.5 Å². The topological polar surface area (TPSA) is 82.3 Å². The van der Waals surface area contributed by atoms with Crippen LogP contribution in [-0.2, 0) is 11.3 Å². The van der Waals surface area contributed by atoms with Gasteiger partial charge in [0.05, 0.1) is 17.8 Å². The van der Waals surface area contributed by atoms with Gasteiger partial charge in [0, 0.05) is 6.04 Å². The second-order valence-electron chi connectivity index (χ2n) is 7.47. The average molecular weight is 428 g/mol. The lowest BCUT2D eigenvalue weighted by atomic mass is 9.95. The maximum Gasteiger partial charge on any atom is 0.336 e. The molecule has 0 aliphatic heterocycles. The molecular formula is C22H25N3O4S. The number of fused-ring (bicyclic) bond motifs is 1. The average Bonchev–Trinajstić information content (AvgIpc) is 3.24. The van der Waals surface area contributed by atoms with E-state index >= 15 is 0 Å². The van der Waals surface area contributed by atoms with E-state index in [2.05, 4.69) is 5.32 Å². The van der Waals surface area contributed by atoms with Crippen molar-refractivity contribution in [3.05, 3.63) is 56.5 Å². The zero-order chi connectivity index (χ0) is 21.1. The Balaban J connectivity index is 1.71. The maximum atomic E-state index is 13.3. The number of carbonyl (C=O) groups excluding carboxylic acids is 1. The van der Waals surface area contributed by atoms with Gasteiger partial charge in [-0.1, -0.05) is 19.3 Å². The number of carbonyl (C=O) groups is 1. The molecule has 0 radical (unpaired) electrons. The largest absolute Gasteiger partial charge is 0.494 e. The highest BCUT2D eigenvalue weighted by Crippen LogP contribution is 2.19. The zero-order valence-corrected chi connectivity index (χ0v) is 17.7. The second-order valence-corrected chi connectivity index (χ2v) is 8.39. The van der Waals surface area contributed by atoms with Crippen LogP contribution in [0.5, 0.6) is 5.75 Å². The summed E-state index contributed by atoms with van der Waals surface area (Å²) < 4.78 is 8.41. The molecule has 1 amide bonds. The first-order chi connectivity index (χ1) is 14.6. The fourth-order valence-corrected chi connectivity index (χ4v) is 4.81. The van der Waals surface area contributed by atoms with Gasteiger partial charge in [0.25, 0.3) is 5.56 Å². The van der Waals surface area contributed by atoms with Gasteiger partial charge in [0.1, 0.15) is 17.0 Å². The summed E-state index contributed by atoms with van der Waals surface area (Å²) in [6, 6.07) is 8.70. The minimum absolute atomic E-state index is 0.111. The van der Waals surface area contributed by atoms with E-state index in [0.29, 0.717) is 28.3 Å². The summed E-state index contributed by atoms with van der Waals surface area (Å²) >= 11 is 1.27. The summed E-state index contributed by atoms with van der Waals surface area (Å²) in [4.78, 5) is 38.9. The third kappa shape index (κ3) is 4.05. The fraction of sp³-hybridized carbons (Fsp3) is 0.409. The zero-order valence-electron chi connectivity index (χ0n) is 16.9. The molecular weight excluding hydrogens is 402 g/mol. The Kier molecular flexibility index (Phi) is 6.03. The summed E-state index contributed by atoms with van der Waals surface area (Å²) in [7, 11) is 0. The van der Waals surface area contributed by atoms with Crippen LogP contribution in [0.4, 0.5) is 0 Å². The molecule has 1 saturated carbocycles. The minimum Gasteiger partial charge on any atom is -0.494 e. The predicted octanol–water partition coefficient (Wildman–Crippen LogP) is 3.06. The summed E-state index contributed by atoms with van der Waals surface area (Å²) in [5, 5.41) is 4.82. The number of benzene rings is 1. The Labute approximate surface area is 177 Å². The van der Waals surface area contributed by atoms with E-state index in [1.54, 1.807) is 35.7 Å². The van der Waals surface area contributed by atoms with E-state index in [0.717, 1.165) is 30.3 Å². The fourth-order valence-electron chi connectivity index (χ4n) is 3.99. The Hall–Kier alpha value is -2.87. The Morgan fingerprint density at radius 2 is 1.87 bits per heavy atom. The van der Waals surface area contributed by atoms with Crippen molar-refractivity contribution in [3.8, 4) is 11.4 Å². The van der Waals surface area contributed by atoms with Crippen molar-refractivity contribution < 1.29 is 9.53 Å². The van der Waals surface area contributed by atoms with Gasteiger partial charge in [-0.25, -0.2) is 9.36 Å². The van der Waals surface area contributed by atoms with Gasteiger partial charge in [0.2, 0.25) is 5.91 Å². The quantitative estimate of drug-likeness (QED) is 0.656. The van der Waals surface area contributed by atoms with E-state index < -0.39 is 5.69 Å². The standard InChI is InChI=1S/C22H25N3O4S/c1-2-29-17-10-8-16(9-11-17)25-21(27)20-18(12-13-30-20)24(22(25)28)14-19(26)23-15-6-4-3-5-7-15/h8-13,15H,2-7,14H2,1H3,(H,23,26). The van der Waals surface area contributed by atoms with Gasteiger partial charge in [-0.05, 0) is 55.5 Å². The predicted molar refractivity (Wildman–Crippen MR) is 118 cm³/mol. The number of hydrogen-bond acceptors (Lipinski definition) is 5. The molecule has 7 nitrogen and oxygen atoms in total. The number of nitrogens with zero attached hydrogens (tertiary/aromatic N) is 2. The number of hydrogen-bond donors (Lipinski definition) is 1. The Bertz CT molecular complexity index is 1150. The van der Waals surface area contributed by atoms with Crippen molar-refractivity contribution in [2.45, 2.75) is 51.6 Å². The smallest absolute Gasteiger partial charge is 0.336 e. The van der Waals surface area contributed by atoms with Crippen LogP contribution in [-0.4, -0.2) is 27.7 Å². The van der Waals surface area contributed by atoms with Crippen molar-refractivity contribution in [2.75, 3.05) is 6.61 Å². The van der Waals surface area contributed by atoms with E-state index in [9.17, 15) is 14.4 Å². The van der Waals surface area contributed by atoms with Crippen molar-refractivity contribution in [1.82, 2.24) is 14.5 Å². The van der Waals surface area contributed by atoms with Crippen LogP contribution in [0, 0.1) is 0 Å². The molecule has 1 aromatic carbocycles. The van der Waals surface area contributed by atoms with E-state index in [4.69, 9.17) is 4.74 Å². The monoisotopic (exact) mass is 427 g/mol. The van der Waals surface area contributed by atoms with Crippen LogP contribution < -0.4 is 21.3 Å². The number of thiophene rings is 1. The molecule has 4 rings (SSSR count). The molecule has 158 valence electrons. The van der Waals surface area contributed by atoms with Crippen molar-refractivity contribution in [2.24, 2.45) is 0 Å². The summed E-state index contributed by atoms with van der Waals surface area (Å²) in [5.41, 5.74) is 0.0492. The van der Waals surface area contributed by atoms with Gasteiger partial charge in [-0.3, -0.25) is 14.2 Å². The van der Waals surface area contributed by atoms with Crippen LogP contribution in [0.25, 0.3) is 15.9 Å². The van der Waals surface area contributed by atoms with E-state index in [-0.39, 0.29) is 24.1 Å². The molecule has 2 heterocycles. The normalized spacial score (nSPS) is 14.7. The highest BCUT2D eigenvalue weighted by Gasteiger charge is 2.20. The van der Waals surface area contributed by atoms with Gasteiger partial charge >= 0.3 is 5.69 Å². The highest BCUT2D eigenvalue weighted by atomic mass is 32.1. The molecule has 2 aromatic heterocycles. The molecule has 1 N–H and O–H groups in total. The number of aromatic nitrogens is 2. The molecule has 0 saturated heterocycles. The first kappa shape index (κ1) is 20.4. The number of amides is 1. The van der Waals surface area contributed by atoms with Gasteiger partial charge in [-0.2, -0.15) is 0 Å². The van der Waals surface area contributed by atoms with Crippen LogP contribution in [0.2, 0.25) is 0 Å². The van der Waals surface area contributed by atoms with Crippen molar-refractivity contribution in [3.63, 3.8) is 0 Å². The minimum atomic E-state index is -0.520. The summed E-state index contributed by atoms with van der Waals surface area (Å²) in [6.07, 6.45) is 5.37. The maximum absolute atomic E-state index is 13.3. The third-order valence-corrected chi connectivity index (χ3v) is 6.32. The molecule has 0 unspecified atom stereocenters. The van der Waals surface area contributed by atoms with Crippen LogP contribution in [0.15, 0.2) is 45.3 Å². The number of nitrogens with one attached hydrogen (secondary N) is 1. The molecule has 1 aliphatic rings. The lowest BCUT2D eigenvalue weighted by Crippen LogP contribution is -2.43. The molecule has 1 fully saturated rings. The molecule has 0 spiro atoms. The Morgan fingerprint density at radius 3 is 2.57 bits per heavy atom. The molecule has 3 aromatic rings. The molecule has 0 bridgehead atoms. The van der Waals surface area contributed by atoms with Crippen molar-refractivity contribution in [1.29, 1.82) is 0 Å². The Morgan fingerprint density at radius 1 is 1.13 bits per heavy atom. The van der Waals surface area contributed by atoms with Crippen LogP contribution in [0.3, 0.4) is 0 Å². The van der Waals surface area contributed by atoms with Gasteiger partial charge in [0.15, 0.2) is 0 Å². The third-order valence-electron chi connectivity index (χ3n) is 5.43. The summed E-state index contributed by atoms with van der Waals surface area (Å²) in [5.74, 6) is 0.465. The lowest BCUT2D eigenvalue weighted by Gasteiger charge is -2.23. The first-order valence-corrected chi connectivity index (χ1v) is 11.2. The van der Waals surface area contributed by atoms with Crippen LogP contribution in [0.1, 0.15) is 39.0 Å². The van der Waals surface area contributed by atoms with Gasteiger partial charge in [-0.15, -0.1) is 11.3 Å². The molecule has 0 atom stereocenters. The number of ether oxygens (including phenoxy) is 1. The molecule has 30 heavy (non-hydrogen) atoms. The molecule has 8 heteroatoms. The second kappa shape index (κ2) is 8.87. The first-order valence-electron chi connectivity index (χ1n) is 10.3. The SMILES string of the molecule is CCOc1ccc(-n2c(=O)c3sccc3n(CC(=O)NC3CCCCC3)c2=O)cc1. The molecule has 1 aliphatic carbocycles. The lowest BCUT2D eigenvalue weighted by molar-refractivity contribution is -0.122.